The van der Waals surface area contributed by atoms with Gasteiger partial charge in [-0.1, -0.05) is 117 Å². The number of hydrazone groups is 1. The summed E-state index contributed by atoms with van der Waals surface area (Å²) < 4.78 is 58.9. The predicted octanol–water partition coefficient (Wildman–Crippen LogP) is 13.6. The summed E-state index contributed by atoms with van der Waals surface area (Å²) in [6.45, 7) is 10.0. The molecule has 22 nitrogen and oxygen atoms in total. The Morgan fingerprint density at radius 1 is 0.765 bits per heavy atom. The van der Waals surface area contributed by atoms with Gasteiger partial charge in [-0.2, -0.15) is 10.4 Å². The van der Waals surface area contributed by atoms with E-state index >= 15 is 0 Å². The lowest BCUT2D eigenvalue weighted by atomic mass is 9.69. The van der Waals surface area contributed by atoms with Crippen LogP contribution in [0.2, 0.25) is 5.02 Å². The molecule has 2 atom stereocenters. The maximum atomic E-state index is 13.2. The number of para-hydroxylation sites is 3. The van der Waals surface area contributed by atoms with Gasteiger partial charge in [0.1, 0.15) is 0 Å². The van der Waals surface area contributed by atoms with Gasteiger partial charge < -0.3 is 49.1 Å². The Morgan fingerprint density at radius 3 is 1.99 bits per heavy atom. The maximum absolute atomic E-state index is 13.2. The van der Waals surface area contributed by atoms with E-state index in [1.165, 1.54) is 53.9 Å². The van der Waals surface area contributed by atoms with Crippen LogP contribution in [0.5, 0.6) is 23.0 Å². The maximum Gasteiger partial charge on any atom is 0.336 e. The third-order valence-corrected chi connectivity index (χ3v) is 19.3. The van der Waals surface area contributed by atoms with Gasteiger partial charge in [-0.3, -0.25) is 24.6 Å². The van der Waals surface area contributed by atoms with Crippen LogP contribution in [0.15, 0.2) is 166 Å². The molecule has 98 heavy (non-hydrogen) atoms. The van der Waals surface area contributed by atoms with Crippen LogP contribution in [0, 0.1) is 27.4 Å². The number of halogens is 1. The SMILES string of the molecule is C1=Cc2ccccc2NN=C1.CN1c2ccccc2C(NCCCCCCC(=O)O)c2ccc(Cl)cc2S1(=O)=O.COC(=O)C1=C(C)NC(C)=C(C(=O)OC)C1c1ccccc1[N+](=O)[O-].COc1ccc(CCN(C)CCCC(C#N)(c2ccc(OC)c(OC)c2)C(C)C)cc1OC. The van der Waals surface area contributed by atoms with E-state index in [1.54, 1.807) is 79.8 Å². The number of allylic oxidation sites excluding steroid dienone is 3. The number of nitro benzene ring substituents is 1. The zero-order chi connectivity index (χ0) is 71.7. The lowest BCUT2D eigenvalue weighted by Crippen LogP contribution is -2.32. The summed E-state index contributed by atoms with van der Waals surface area (Å²) in [6.07, 6.45) is 11.8. The molecule has 3 aliphatic heterocycles. The molecule has 0 radical (unpaired) electrons. The number of nitro groups is 1. The molecule has 0 amide bonds. The summed E-state index contributed by atoms with van der Waals surface area (Å²) >= 11 is 6.12. The molecule has 0 aliphatic carbocycles. The minimum Gasteiger partial charge on any atom is -0.493 e. The van der Waals surface area contributed by atoms with E-state index in [2.05, 4.69) is 59.1 Å². The van der Waals surface area contributed by atoms with Gasteiger partial charge in [0.25, 0.3) is 15.7 Å². The summed E-state index contributed by atoms with van der Waals surface area (Å²) in [4.78, 5) is 48.7. The number of nitrogens with one attached hydrogen (secondary N) is 3. The number of ether oxygens (including phenoxy) is 6. The largest absolute Gasteiger partial charge is 0.493 e. The number of likely N-dealkylation sites (N-methyl/N-ethyl adjacent to an activating group) is 1. The van der Waals surface area contributed by atoms with Crippen LogP contribution in [0.1, 0.15) is 118 Å². The third kappa shape index (κ3) is 19.5. The number of benzene rings is 6. The topological polar surface area (TPSA) is 283 Å². The normalized spacial score (nSPS) is 14.8. The number of fused-ring (bicyclic) bond motifs is 3. The zero-order valence-electron chi connectivity index (χ0n) is 57.6. The van der Waals surface area contributed by atoms with Crippen molar-refractivity contribution in [3.8, 4) is 29.1 Å². The summed E-state index contributed by atoms with van der Waals surface area (Å²) in [5.41, 5.74) is 10.2. The Kier molecular flexibility index (Phi) is 29.3. The monoisotopic (exact) mass is 1380 g/mol. The second-order valence-electron chi connectivity index (χ2n) is 23.6. The molecule has 522 valence electrons. The van der Waals surface area contributed by atoms with Crippen molar-refractivity contribution in [3.05, 3.63) is 205 Å². The van der Waals surface area contributed by atoms with Gasteiger partial charge in [0.05, 0.1) is 98.4 Å². The number of unbranched alkanes of at least 4 members (excludes halogenated alkanes) is 3. The van der Waals surface area contributed by atoms with Gasteiger partial charge >= 0.3 is 17.9 Å². The number of dihydropyridines is 1. The first-order valence-corrected chi connectivity index (χ1v) is 33.8. The molecular formula is C74H89ClN8O14S. The molecule has 0 fully saturated rings. The van der Waals surface area contributed by atoms with Crippen molar-refractivity contribution in [3.63, 3.8) is 0 Å². The average molecular weight is 1380 g/mol. The van der Waals surface area contributed by atoms with E-state index in [4.69, 9.17) is 45.1 Å². The number of carbonyl (C=O) groups is 3. The van der Waals surface area contributed by atoms with Crippen molar-refractivity contribution in [2.24, 2.45) is 11.0 Å². The molecule has 6 aromatic carbocycles. The number of hydrogen-bond donors (Lipinski definition) is 4. The molecule has 3 aliphatic rings. The second kappa shape index (κ2) is 37.1. The van der Waals surface area contributed by atoms with Crippen molar-refractivity contribution in [1.82, 2.24) is 15.5 Å². The molecule has 0 saturated carbocycles. The van der Waals surface area contributed by atoms with Crippen molar-refractivity contribution in [2.75, 3.05) is 86.1 Å². The van der Waals surface area contributed by atoms with Crippen molar-refractivity contribution in [1.29, 1.82) is 5.26 Å². The predicted molar refractivity (Wildman–Crippen MR) is 382 cm³/mol. The standard InChI is InChI=1S/C27H38N2O4.C21H25ClN2O4S.C17H18N2O6.C9H8N2/c1-20(2)27(19-28,22-10-12-24(31-5)26(18-22)33-7)14-8-15-29(3)16-13-21-9-11-23(30-4)25(17-21)32-6;1-24-18-9-6-5-8-16(18)21(23-13-7-3-2-4-10-20(25)26)17-12-11-15(22)14-19(17)29(24,27)28;1-9-13(16(20)24-3)15(14(10(2)18-9)17(21)25-4)11-7-5-6-8-12(11)19(22)23;1-2-6-9-8(4-1)5-3-7-10-11-9/h9-12,17-18,20H,8,13-16H2,1-7H3;5-6,8-9,11-12,14,21,23H,2-4,7,10,13H2,1H3,(H,25,26);5-8,15,18H,1-4H3;1-7,11H. The molecular weight excluding hydrogens is 1290 g/mol. The van der Waals surface area contributed by atoms with E-state index < -0.39 is 44.2 Å². The molecule has 6 aromatic rings. The van der Waals surface area contributed by atoms with Crippen LogP contribution in [0.4, 0.5) is 17.1 Å². The molecule has 4 N–H and O–H groups in total. The number of methoxy groups -OCH3 is 6. The fraction of sp³-hybridized carbons (Fsp3) is 0.365. The molecule has 0 saturated heterocycles. The molecule has 2 unspecified atom stereocenters. The number of carboxylic acids is 1. The number of anilines is 2. The molecule has 0 aromatic heterocycles. The number of nitrogens with zero attached hydrogens (tertiary/aromatic N) is 5. The number of esters is 2. The Balaban J connectivity index is 0.000000216. The first-order chi connectivity index (χ1) is 47.0. The van der Waals surface area contributed by atoms with Crippen LogP contribution < -0.4 is 39.3 Å². The number of nitriles is 1. The lowest BCUT2D eigenvalue weighted by Gasteiger charge is -2.32. The van der Waals surface area contributed by atoms with E-state index in [0.29, 0.717) is 52.1 Å². The summed E-state index contributed by atoms with van der Waals surface area (Å²) in [7, 11) is 8.93. The Bertz CT molecular complexity index is 4020. The van der Waals surface area contributed by atoms with Crippen molar-refractivity contribution >= 4 is 68.9 Å². The highest BCUT2D eigenvalue weighted by molar-refractivity contribution is 7.92. The number of carboxylic acid groups (broad SMARTS) is 1. The van der Waals surface area contributed by atoms with E-state index in [1.807, 2.05) is 84.9 Å². The number of rotatable bonds is 25. The zero-order valence-corrected chi connectivity index (χ0v) is 59.2. The van der Waals surface area contributed by atoms with Crippen LogP contribution in [0.3, 0.4) is 0 Å². The molecule has 24 heteroatoms. The minimum atomic E-state index is -3.72. The Hall–Kier alpha value is -9.73. The van der Waals surface area contributed by atoms with Gasteiger partial charge in [0, 0.05) is 54.3 Å². The fourth-order valence-electron chi connectivity index (χ4n) is 11.9. The van der Waals surface area contributed by atoms with Crippen LogP contribution in [-0.4, -0.2) is 124 Å². The minimum absolute atomic E-state index is 0.128. The summed E-state index contributed by atoms with van der Waals surface area (Å²) in [5, 5.41) is 41.2. The molecule has 0 bridgehead atoms. The van der Waals surface area contributed by atoms with Crippen LogP contribution >= 0.6 is 11.6 Å². The van der Waals surface area contributed by atoms with Gasteiger partial charge in [-0.05, 0) is 154 Å². The lowest BCUT2D eigenvalue weighted by molar-refractivity contribution is -0.385. The third-order valence-electron chi connectivity index (χ3n) is 17.2. The molecule has 9 rings (SSSR count). The summed E-state index contributed by atoms with van der Waals surface area (Å²) in [5.74, 6) is -0.105. The van der Waals surface area contributed by atoms with Crippen molar-refractivity contribution in [2.45, 2.75) is 101 Å². The average Bonchev–Trinajstić information content (AvgIpc) is 1.50. The molecule has 3 heterocycles. The number of aliphatic carboxylic acids is 1. The smallest absolute Gasteiger partial charge is 0.336 e. The Labute approximate surface area is 580 Å². The van der Waals surface area contributed by atoms with Gasteiger partial charge in [-0.15, -0.1) is 0 Å². The van der Waals surface area contributed by atoms with Gasteiger partial charge in [0.2, 0.25) is 0 Å². The highest BCUT2D eigenvalue weighted by Crippen LogP contribution is 2.45. The van der Waals surface area contributed by atoms with Gasteiger partial charge in [-0.25, -0.2) is 18.0 Å². The van der Waals surface area contributed by atoms with E-state index in [0.717, 1.165) is 79.9 Å². The van der Waals surface area contributed by atoms with E-state index in [-0.39, 0.29) is 45.7 Å². The Morgan fingerprint density at radius 2 is 1.37 bits per heavy atom. The summed E-state index contributed by atoms with van der Waals surface area (Å²) in [6, 6.07) is 40.7. The van der Waals surface area contributed by atoms with E-state index in [9.17, 15) is 38.2 Å². The number of hydrogen-bond acceptors (Lipinski definition) is 19. The molecule has 0 spiro atoms. The highest BCUT2D eigenvalue weighted by atomic mass is 35.5. The van der Waals surface area contributed by atoms with Crippen LogP contribution in [0.25, 0.3) is 6.08 Å². The first kappa shape index (κ1) is 77.3. The quantitative estimate of drug-likeness (QED) is 0.0179. The van der Waals surface area contributed by atoms with Crippen molar-refractivity contribution < 1.29 is 61.3 Å². The number of sulfonamides is 1. The first-order valence-electron chi connectivity index (χ1n) is 32.0. The van der Waals surface area contributed by atoms with Gasteiger partial charge in [0.15, 0.2) is 23.0 Å². The number of carbonyl (C=O) groups excluding carboxylic acids is 2. The fourth-order valence-corrected chi connectivity index (χ4v) is 13.6. The highest BCUT2D eigenvalue weighted by Gasteiger charge is 2.41. The second-order valence-corrected chi connectivity index (χ2v) is 26.0. The van der Waals surface area contributed by atoms with Crippen LogP contribution in [-0.2, 0) is 45.7 Å².